The van der Waals surface area contributed by atoms with Crippen molar-refractivity contribution in [3.63, 3.8) is 0 Å². The molecule has 0 saturated carbocycles. The minimum absolute atomic E-state index is 0.0823. The van der Waals surface area contributed by atoms with Crippen molar-refractivity contribution in [3.8, 4) is 5.75 Å². The molecule has 0 bridgehead atoms. The Labute approximate surface area is 226 Å². The Morgan fingerprint density at radius 2 is 1.68 bits per heavy atom. The fourth-order valence-corrected chi connectivity index (χ4v) is 5.45. The third-order valence-electron chi connectivity index (χ3n) is 7.53. The van der Waals surface area contributed by atoms with Gasteiger partial charge in [-0.25, -0.2) is 4.39 Å². The Hall–Kier alpha value is -3.13. The maximum atomic E-state index is 14.4. The Balaban J connectivity index is 1.72. The summed E-state index contributed by atoms with van der Waals surface area (Å²) in [5, 5.41) is 0. The first-order chi connectivity index (χ1) is 18.3. The molecule has 38 heavy (non-hydrogen) atoms. The Bertz CT molecular complexity index is 1130. The normalized spacial score (nSPS) is 17.4. The highest BCUT2D eigenvalue weighted by Gasteiger charge is 2.26. The standard InChI is InChI=1S/C30H41FN4O3/c1-5-38-29-12-10-24(19-28(29)33-13-6-7-14-33)30(37)34-18-17-32(22(2)3)15-8-16-35(23(4)36)27-20-26(31)11-9-25(27)21-34/h9-12,19-20,22H,5-8,13-18,21H2,1-4H3. The largest absolute Gasteiger partial charge is 0.492 e. The number of anilines is 2. The number of nitrogens with zero attached hydrogens (tertiary/aromatic N) is 4. The summed E-state index contributed by atoms with van der Waals surface area (Å²) in [6.07, 6.45) is 3.02. The van der Waals surface area contributed by atoms with Crippen molar-refractivity contribution in [1.29, 1.82) is 0 Å². The van der Waals surface area contributed by atoms with Crippen molar-refractivity contribution in [2.45, 2.75) is 59.5 Å². The highest BCUT2D eigenvalue weighted by atomic mass is 19.1. The summed E-state index contributed by atoms with van der Waals surface area (Å²) in [6.45, 7) is 13.1. The number of carbonyl (C=O) groups is 2. The smallest absolute Gasteiger partial charge is 0.254 e. The van der Waals surface area contributed by atoms with Crippen molar-refractivity contribution < 1.29 is 18.7 Å². The third kappa shape index (κ3) is 6.46. The molecular weight excluding hydrogens is 483 g/mol. The maximum Gasteiger partial charge on any atom is 0.254 e. The van der Waals surface area contributed by atoms with Gasteiger partial charge in [-0.2, -0.15) is 0 Å². The topological polar surface area (TPSA) is 56.3 Å². The molecule has 2 amide bonds. The van der Waals surface area contributed by atoms with Gasteiger partial charge in [0.05, 0.1) is 18.0 Å². The van der Waals surface area contributed by atoms with Gasteiger partial charge in [0, 0.05) is 64.3 Å². The fraction of sp³-hybridized carbons (Fsp3) is 0.533. The van der Waals surface area contributed by atoms with E-state index < -0.39 is 5.82 Å². The molecule has 1 saturated heterocycles. The van der Waals surface area contributed by atoms with E-state index in [4.69, 9.17) is 4.74 Å². The molecule has 0 aliphatic carbocycles. The fourth-order valence-electron chi connectivity index (χ4n) is 5.45. The predicted molar refractivity (Wildman–Crippen MR) is 150 cm³/mol. The molecule has 1 fully saturated rings. The average Bonchev–Trinajstić information content (AvgIpc) is 3.41. The molecule has 2 aliphatic heterocycles. The molecule has 7 nitrogen and oxygen atoms in total. The van der Waals surface area contributed by atoms with Crippen LogP contribution in [0.15, 0.2) is 36.4 Å². The number of benzene rings is 2. The van der Waals surface area contributed by atoms with E-state index in [-0.39, 0.29) is 18.4 Å². The van der Waals surface area contributed by atoms with Crippen molar-refractivity contribution in [2.24, 2.45) is 0 Å². The lowest BCUT2D eigenvalue weighted by atomic mass is 10.1. The van der Waals surface area contributed by atoms with E-state index in [0.29, 0.717) is 37.0 Å². The van der Waals surface area contributed by atoms with E-state index >= 15 is 0 Å². The van der Waals surface area contributed by atoms with E-state index in [1.165, 1.54) is 19.1 Å². The molecule has 206 valence electrons. The predicted octanol–water partition coefficient (Wildman–Crippen LogP) is 4.93. The van der Waals surface area contributed by atoms with Crippen LogP contribution in [0.25, 0.3) is 0 Å². The lowest BCUT2D eigenvalue weighted by Gasteiger charge is -2.30. The van der Waals surface area contributed by atoms with Gasteiger partial charge in [-0.1, -0.05) is 6.07 Å². The second-order valence-electron chi connectivity index (χ2n) is 10.5. The first-order valence-electron chi connectivity index (χ1n) is 13.9. The quantitative estimate of drug-likeness (QED) is 0.555. The Kier molecular flexibility index (Phi) is 9.26. The average molecular weight is 525 g/mol. The van der Waals surface area contributed by atoms with Crippen LogP contribution in [-0.2, 0) is 11.3 Å². The molecule has 2 heterocycles. The van der Waals surface area contributed by atoms with E-state index in [9.17, 15) is 14.0 Å². The van der Waals surface area contributed by atoms with Crippen LogP contribution < -0.4 is 14.5 Å². The van der Waals surface area contributed by atoms with Crippen molar-refractivity contribution in [2.75, 3.05) is 55.7 Å². The first kappa shape index (κ1) is 27.9. The summed E-state index contributed by atoms with van der Waals surface area (Å²) in [5.74, 6) is 0.188. The second-order valence-corrected chi connectivity index (χ2v) is 10.5. The Morgan fingerprint density at radius 3 is 2.37 bits per heavy atom. The number of hydrogen-bond acceptors (Lipinski definition) is 5. The molecule has 0 radical (unpaired) electrons. The van der Waals surface area contributed by atoms with Gasteiger partial charge in [-0.3, -0.25) is 14.5 Å². The summed E-state index contributed by atoms with van der Waals surface area (Å²) in [6, 6.07) is 10.5. The molecular formula is C30H41FN4O3. The number of hydrogen-bond donors (Lipinski definition) is 0. The van der Waals surface area contributed by atoms with Gasteiger partial charge in [0.15, 0.2) is 0 Å². The zero-order valence-corrected chi connectivity index (χ0v) is 23.2. The van der Waals surface area contributed by atoms with Crippen LogP contribution in [0.4, 0.5) is 15.8 Å². The molecule has 2 aromatic rings. The molecule has 0 atom stereocenters. The van der Waals surface area contributed by atoms with E-state index in [0.717, 1.165) is 62.4 Å². The molecule has 0 spiro atoms. The van der Waals surface area contributed by atoms with Crippen LogP contribution in [0.2, 0.25) is 0 Å². The van der Waals surface area contributed by atoms with Crippen LogP contribution in [0, 0.1) is 5.82 Å². The van der Waals surface area contributed by atoms with E-state index in [1.807, 2.05) is 30.0 Å². The van der Waals surface area contributed by atoms with E-state index in [2.05, 4.69) is 23.6 Å². The van der Waals surface area contributed by atoms with Gasteiger partial charge in [-0.15, -0.1) is 0 Å². The number of ether oxygens (including phenoxy) is 1. The van der Waals surface area contributed by atoms with Gasteiger partial charge in [-0.05, 0) is 75.9 Å². The maximum absolute atomic E-state index is 14.4. The number of fused-ring (bicyclic) bond motifs is 1. The summed E-state index contributed by atoms with van der Waals surface area (Å²) in [4.78, 5) is 34.8. The molecule has 0 aromatic heterocycles. The monoisotopic (exact) mass is 524 g/mol. The van der Waals surface area contributed by atoms with Gasteiger partial charge < -0.3 is 19.4 Å². The SMILES string of the molecule is CCOc1ccc(C(=O)N2CCN(C(C)C)CCCN(C(C)=O)c3cc(F)ccc3C2)cc1N1CCCC1. The third-order valence-corrected chi connectivity index (χ3v) is 7.53. The molecule has 0 N–H and O–H groups in total. The van der Waals surface area contributed by atoms with Crippen molar-refractivity contribution in [3.05, 3.63) is 53.3 Å². The number of amides is 2. The molecule has 2 aromatic carbocycles. The summed E-state index contributed by atoms with van der Waals surface area (Å²) < 4.78 is 20.3. The summed E-state index contributed by atoms with van der Waals surface area (Å²) in [5.41, 5.74) is 2.87. The van der Waals surface area contributed by atoms with Gasteiger partial charge in [0.2, 0.25) is 5.91 Å². The minimum Gasteiger partial charge on any atom is -0.492 e. The number of carbonyl (C=O) groups excluding carboxylic acids is 2. The van der Waals surface area contributed by atoms with Crippen LogP contribution in [0.5, 0.6) is 5.75 Å². The van der Waals surface area contributed by atoms with Gasteiger partial charge in [0.1, 0.15) is 11.6 Å². The van der Waals surface area contributed by atoms with Crippen molar-refractivity contribution in [1.82, 2.24) is 9.80 Å². The number of halogens is 1. The Morgan fingerprint density at radius 1 is 0.921 bits per heavy atom. The van der Waals surface area contributed by atoms with Crippen LogP contribution >= 0.6 is 0 Å². The van der Waals surface area contributed by atoms with Crippen molar-refractivity contribution >= 4 is 23.2 Å². The zero-order valence-electron chi connectivity index (χ0n) is 23.2. The molecule has 4 rings (SSSR count). The highest BCUT2D eigenvalue weighted by molar-refractivity contribution is 5.96. The molecule has 0 unspecified atom stereocenters. The van der Waals surface area contributed by atoms with Crippen LogP contribution in [0.3, 0.4) is 0 Å². The lowest BCUT2D eigenvalue weighted by molar-refractivity contribution is -0.116. The first-order valence-corrected chi connectivity index (χ1v) is 13.9. The van der Waals surface area contributed by atoms with Gasteiger partial charge in [0.25, 0.3) is 5.91 Å². The van der Waals surface area contributed by atoms with Gasteiger partial charge >= 0.3 is 0 Å². The minimum atomic E-state index is -0.395. The number of rotatable bonds is 5. The molecule has 2 aliphatic rings. The highest BCUT2D eigenvalue weighted by Crippen LogP contribution is 2.33. The molecule has 8 heteroatoms. The zero-order chi connectivity index (χ0) is 27.2. The van der Waals surface area contributed by atoms with Crippen LogP contribution in [0.1, 0.15) is 62.9 Å². The summed E-state index contributed by atoms with van der Waals surface area (Å²) in [7, 11) is 0. The van der Waals surface area contributed by atoms with Crippen LogP contribution in [-0.4, -0.2) is 73.5 Å². The summed E-state index contributed by atoms with van der Waals surface area (Å²) >= 11 is 0. The van der Waals surface area contributed by atoms with E-state index in [1.54, 1.807) is 11.0 Å². The lowest BCUT2D eigenvalue weighted by Crippen LogP contribution is -2.41. The second kappa shape index (κ2) is 12.6.